The molecule has 170 valence electrons. The largest absolute Gasteiger partial charge is 0.461 e. The Labute approximate surface area is 191 Å². The highest BCUT2D eigenvalue weighted by molar-refractivity contribution is 7.92. The lowest BCUT2D eigenvalue weighted by Crippen LogP contribution is -2.16. The van der Waals surface area contributed by atoms with E-state index in [4.69, 9.17) is 8.94 Å². The molecule has 0 spiro atoms. The first kappa shape index (κ1) is 22.5. The van der Waals surface area contributed by atoms with Gasteiger partial charge in [0, 0.05) is 5.69 Å². The number of anilines is 1. The second-order valence-corrected chi connectivity index (χ2v) is 10.3. The Bertz CT molecular complexity index is 1340. The Balaban J connectivity index is 1.43. The lowest BCUT2D eigenvalue weighted by molar-refractivity contribution is -0.115. The summed E-state index contributed by atoms with van der Waals surface area (Å²) in [5.74, 6) is 1.05. The molecule has 1 N–H and O–H groups in total. The van der Waals surface area contributed by atoms with Crippen LogP contribution in [0.15, 0.2) is 80.8 Å². The van der Waals surface area contributed by atoms with Crippen LogP contribution < -0.4 is 5.32 Å². The van der Waals surface area contributed by atoms with E-state index < -0.39 is 15.1 Å². The van der Waals surface area contributed by atoms with Crippen molar-refractivity contribution in [2.75, 3.05) is 5.32 Å². The zero-order valence-corrected chi connectivity index (χ0v) is 19.0. The number of carbonyl (C=O) groups excluding carboxylic acids is 1. The average molecular weight is 466 g/mol. The summed E-state index contributed by atoms with van der Waals surface area (Å²) in [5.41, 5.74) is 2.17. The second kappa shape index (κ2) is 9.41. The van der Waals surface area contributed by atoms with Gasteiger partial charge in [0.05, 0.1) is 29.3 Å². The van der Waals surface area contributed by atoms with Crippen molar-refractivity contribution < 1.29 is 22.2 Å². The molecule has 9 heteroatoms. The summed E-state index contributed by atoms with van der Waals surface area (Å²) in [6.45, 7) is 3.28. The lowest BCUT2D eigenvalue weighted by Gasteiger charge is -2.11. The zero-order chi connectivity index (χ0) is 23.4. The van der Waals surface area contributed by atoms with Gasteiger partial charge < -0.3 is 14.3 Å². The molecule has 0 atom stereocenters. The first-order valence-corrected chi connectivity index (χ1v) is 11.9. The topological polar surface area (TPSA) is 115 Å². The monoisotopic (exact) mass is 465 g/mol. The van der Waals surface area contributed by atoms with E-state index in [-0.39, 0.29) is 17.2 Å². The molecule has 0 radical (unpaired) electrons. The minimum absolute atomic E-state index is 0.111. The molecule has 2 aromatic carbocycles. The van der Waals surface area contributed by atoms with Crippen molar-refractivity contribution in [1.82, 2.24) is 10.1 Å². The number of para-hydroxylation sites is 1. The van der Waals surface area contributed by atoms with Crippen LogP contribution in [-0.4, -0.2) is 29.7 Å². The van der Waals surface area contributed by atoms with Gasteiger partial charge in [0.15, 0.2) is 15.6 Å². The molecule has 0 fully saturated rings. The summed E-state index contributed by atoms with van der Waals surface area (Å²) < 4.78 is 35.1. The molecule has 0 aliphatic carbocycles. The maximum Gasteiger partial charge on any atom is 0.238 e. The summed E-state index contributed by atoms with van der Waals surface area (Å²) >= 11 is 0. The van der Waals surface area contributed by atoms with Gasteiger partial charge in [-0.3, -0.25) is 4.79 Å². The summed E-state index contributed by atoms with van der Waals surface area (Å²) in [5, 5.41) is 6.33. The first-order valence-electron chi connectivity index (χ1n) is 10.4. The summed E-state index contributed by atoms with van der Waals surface area (Å²) in [4.78, 5) is 17.2. The predicted octanol–water partition coefficient (Wildman–Crippen LogP) is 4.28. The van der Waals surface area contributed by atoms with E-state index in [1.54, 1.807) is 44.2 Å². The number of nitrogens with zero attached hydrogens (tertiary/aromatic N) is 2. The average Bonchev–Trinajstić information content (AvgIpc) is 3.47. The van der Waals surface area contributed by atoms with Crippen molar-refractivity contribution in [3.63, 3.8) is 0 Å². The fourth-order valence-corrected chi connectivity index (χ4v) is 4.30. The summed E-state index contributed by atoms with van der Waals surface area (Å²) in [6, 6.07) is 17.3. The van der Waals surface area contributed by atoms with Gasteiger partial charge in [0.2, 0.25) is 17.6 Å². The molecule has 4 rings (SSSR count). The van der Waals surface area contributed by atoms with Crippen molar-refractivity contribution in [2.45, 2.75) is 36.8 Å². The van der Waals surface area contributed by atoms with E-state index in [1.165, 1.54) is 18.4 Å². The van der Waals surface area contributed by atoms with Crippen LogP contribution in [0.4, 0.5) is 5.69 Å². The Morgan fingerprint density at radius 2 is 1.79 bits per heavy atom. The maximum absolute atomic E-state index is 12.6. The highest BCUT2D eigenvalue weighted by Gasteiger charge is 2.19. The number of sulfone groups is 1. The normalized spacial score (nSPS) is 11.6. The molecular weight excluding hydrogens is 442 g/mol. The molecule has 33 heavy (non-hydrogen) atoms. The molecule has 8 nitrogen and oxygen atoms in total. The number of amides is 1. The minimum atomic E-state index is -3.35. The highest BCUT2D eigenvalue weighted by atomic mass is 32.2. The van der Waals surface area contributed by atoms with E-state index in [2.05, 4.69) is 15.5 Å². The summed E-state index contributed by atoms with van der Waals surface area (Å²) in [6.07, 6.45) is 1.98. The molecule has 0 saturated heterocycles. The van der Waals surface area contributed by atoms with Crippen LogP contribution in [0.3, 0.4) is 0 Å². The molecule has 0 bridgehead atoms. The van der Waals surface area contributed by atoms with Crippen LogP contribution >= 0.6 is 0 Å². The standard InChI is InChI=1S/C24H23N3O5S/c1-16(2)33(29,30)19-11-9-17(10-12-19)14-22(28)25-20-7-4-3-6-18(20)15-23-26-24(27-32-23)21-8-5-13-31-21/h3-13,16H,14-15H2,1-2H3,(H,25,28). The molecule has 0 unspecified atom stereocenters. The van der Waals surface area contributed by atoms with Gasteiger partial charge in [-0.15, -0.1) is 0 Å². The van der Waals surface area contributed by atoms with Crippen molar-refractivity contribution in [3.8, 4) is 11.6 Å². The van der Waals surface area contributed by atoms with Gasteiger partial charge >= 0.3 is 0 Å². The molecule has 0 aliphatic heterocycles. The lowest BCUT2D eigenvalue weighted by atomic mass is 10.1. The number of nitrogens with one attached hydrogen (secondary N) is 1. The Morgan fingerprint density at radius 1 is 1.03 bits per heavy atom. The fourth-order valence-electron chi connectivity index (χ4n) is 3.24. The van der Waals surface area contributed by atoms with E-state index >= 15 is 0 Å². The van der Waals surface area contributed by atoms with E-state index in [9.17, 15) is 13.2 Å². The van der Waals surface area contributed by atoms with Crippen molar-refractivity contribution in [1.29, 1.82) is 0 Å². The number of hydrogen-bond donors (Lipinski definition) is 1. The van der Waals surface area contributed by atoms with Gasteiger partial charge in [0.25, 0.3) is 0 Å². The fraction of sp³-hybridized carbons (Fsp3) is 0.208. The van der Waals surface area contributed by atoms with Gasteiger partial charge in [-0.25, -0.2) is 8.42 Å². The number of aromatic nitrogens is 2. The van der Waals surface area contributed by atoms with E-state index in [1.807, 2.05) is 18.2 Å². The molecule has 1 amide bonds. The van der Waals surface area contributed by atoms with Crippen LogP contribution in [0.25, 0.3) is 11.6 Å². The van der Waals surface area contributed by atoms with Crippen LogP contribution in [-0.2, 0) is 27.5 Å². The van der Waals surface area contributed by atoms with Crippen molar-refractivity contribution in [3.05, 3.63) is 83.9 Å². The summed E-state index contributed by atoms with van der Waals surface area (Å²) in [7, 11) is -3.35. The zero-order valence-electron chi connectivity index (χ0n) is 18.2. The third-order valence-electron chi connectivity index (χ3n) is 5.08. The Hall–Kier alpha value is -3.72. The highest BCUT2D eigenvalue weighted by Crippen LogP contribution is 2.22. The first-order chi connectivity index (χ1) is 15.8. The minimum Gasteiger partial charge on any atom is -0.461 e. The molecule has 2 heterocycles. The van der Waals surface area contributed by atoms with Crippen LogP contribution in [0.2, 0.25) is 0 Å². The maximum atomic E-state index is 12.6. The Kier molecular flexibility index (Phi) is 6.41. The third-order valence-corrected chi connectivity index (χ3v) is 7.25. The number of hydrogen-bond acceptors (Lipinski definition) is 7. The van der Waals surface area contributed by atoms with Crippen LogP contribution in [0.1, 0.15) is 30.9 Å². The van der Waals surface area contributed by atoms with Gasteiger partial charge in [-0.05, 0) is 55.3 Å². The van der Waals surface area contributed by atoms with Crippen molar-refractivity contribution >= 4 is 21.4 Å². The smallest absolute Gasteiger partial charge is 0.238 e. The quantitative estimate of drug-likeness (QED) is 0.413. The molecule has 0 aliphatic rings. The van der Waals surface area contributed by atoms with Crippen molar-refractivity contribution in [2.24, 2.45) is 0 Å². The predicted molar refractivity (Wildman–Crippen MR) is 122 cm³/mol. The molecule has 2 aromatic heterocycles. The number of benzene rings is 2. The molecular formula is C24H23N3O5S. The van der Waals surface area contributed by atoms with Gasteiger partial charge in [0.1, 0.15) is 0 Å². The van der Waals surface area contributed by atoms with Crippen LogP contribution in [0.5, 0.6) is 0 Å². The van der Waals surface area contributed by atoms with Gasteiger partial charge in [-0.2, -0.15) is 4.98 Å². The van der Waals surface area contributed by atoms with E-state index in [0.717, 1.165) is 5.56 Å². The van der Waals surface area contributed by atoms with E-state index in [0.29, 0.717) is 35.1 Å². The number of furan rings is 1. The molecule has 4 aromatic rings. The number of rotatable bonds is 8. The van der Waals surface area contributed by atoms with Gasteiger partial charge in [-0.1, -0.05) is 35.5 Å². The SMILES string of the molecule is CC(C)S(=O)(=O)c1ccc(CC(=O)Nc2ccccc2Cc2nc(-c3ccco3)no2)cc1. The number of carbonyl (C=O) groups is 1. The second-order valence-electron chi connectivity index (χ2n) is 7.79. The third kappa shape index (κ3) is 5.20. The molecule has 0 saturated carbocycles. The Morgan fingerprint density at radius 3 is 2.48 bits per heavy atom. The van der Waals surface area contributed by atoms with Crippen LogP contribution in [0, 0.1) is 0 Å².